The van der Waals surface area contributed by atoms with Crippen LogP contribution in [0.3, 0.4) is 0 Å². The van der Waals surface area contributed by atoms with E-state index >= 15 is 0 Å². The highest BCUT2D eigenvalue weighted by Gasteiger charge is 1.96. The van der Waals surface area contributed by atoms with Gasteiger partial charge in [0.25, 0.3) is 0 Å². The van der Waals surface area contributed by atoms with E-state index in [0.717, 1.165) is 0 Å². The Morgan fingerprint density at radius 3 is 2.83 bits per heavy atom. The average molecular weight is 162 g/mol. The van der Waals surface area contributed by atoms with Crippen LogP contribution in [0.15, 0.2) is 24.3 Å². The summed E-state index contributed by atoms with van der Waals surface area (Å²) in [5, 5.41) is 5.04. The number of anilines is 1. The van der Waals surface area contributed by atoms with Gasteiger partial charge in [-0.15, -0.1) is 0 Å². The molecule has 1 rings (SSSR count). The summed E-state index contributed by atoms with van der Waals surface area (Å²) in [7, 11) is 1.56. The summed E-state index contributed by atoms with van der Waals surface area (Å²) in [6.07, 6.45) is 0. The molecule has 0 aromatic heterocycles. The van der Waals surface area contributed by atoms with Crippen molar-refractivity contribution >= 4 is 11.7 Å². The zero-order valence-electron chi connectivity index (χ0n) is 6.79. The predicted molar refractivity (Wildman–Crippen MR) is 47.9 cm³/mol. The highest BCUT2D eigenvalue weighted by Crippen LogP contribution is 2.08. The molecule has 3 nitrogen and oxygen atoms in total. The third kappa shape index (κ3) is 2.27. The van der Waals surface area contributed by atoms with Crippen LogP contribution in [-0.2, 0) is 0 Å². The zero-order valence-corrected chi connectivity index (χ0v) is 6.79. The fourth-order valence-electron chi connectivity index (χ4n) is 0.810. The Morgan fingerprint density at radius 2 is 2.25 bits per heavy atom. The minimum atomic E-state index is -0.249. The molecule has 0 aliphatic carbocycles. The first-order valence-corrected chi connectivity index (χ1v) is 3.56. The van der Waals surface area contributed by atoms with E-state index in [4.69, 9.17) is 6.92 Å². The molecule has 2 N–H and O–H groups in total. The van der Waals surface area contributed by atoms with Gasteiger partial charge in [0, 0.05) is 12.7 Å². The number of nitrogens with one attached hydrogen (secondary N) is 2. The van der Waals surface area contributed by atoms with Gasteiger partial charge in [0.1, 0.15) is 0 Å². The Morgan fingerprint density at radius 1 is 1.50 bits per heavy atom. The van der Waals surface area contributed by atoms with Crippen LogP contribution in [0, 0.1) is 6.92 Å². The van der Waals surface area contributed by atoms with Crippen molar-refractivity contribution in [2.45, 2.75) is 0 Å². The molecule has 0 atom stereocenters. The van der Waals surface area contributed by atoms with Gasteiger partial charge < -0.3 is 10.6 Å². The number of carbonyl (C=O) groups is 1. The number of urea groups is 1. The largest absolute Gasteiger partial charge is 0.341 e. The minimum Gasteiger partial charge on any atom is -0.341 e. The predicted octanol–water partition coefficient (Wildman–Crippen LogP) is 1.50. The van der Waals surface area contributed by atoms with Crippen LogP contribution >= 0.6 is 0 Å². The molecule has 3 heteroatoms. The average Bonchev–Trinajstić information content (AvgIpc) is 2.04. The monoisotopic (exact) mass is 162 g/mol. The Hall–Kier alpha value is -1.51. The molecule has 62 valence electrons. The molecule has 0 aliphatic rings. The molecule has 0 saturated carbocycles. The molecule has 12 heavy (non-hydrogen) atoms. The molecule has 2 amide bonds. The van der Waals surface area contributed by atoms with Crippen molar-refractivity contribution in [2.24, 2.45) is 0 Å². The van der Waals surface area contributed by atoms with Crippen molar-refractivity contribution in [3.8, 4) is 0 Å². The summed E-state index contributed by atoms with van der Waals surface area (Å²) in [5.74, 6) is 0. The smallest absolute Gasteiger partial charge is 0.318 e. The fourth-order valence-corrected chi connectivity index (χ4v) is 0.810. The molecule has 1 aromatic carbocycles. The molecule has 0 spiro atoms. The summed E-state index contributed by atoms with van der Waals surface area (Å²) in [4.78, 5) is 10.8. The van der Waals surface area contributed by atoms with Crippen LogP contribution in [0.25, 0.3) is 0 Å². The molecule has 0 fully saturated rings. The van der Waals surface area contributed by atoms with Gasteiger partial charge in [-0.25, -0.2) is 4.79 Å². The van der Waals surface area contributed by atoms with Crippen LogP contribution in [-0.4, -0.2) is 13.1 Å². The van der Waals surface area contributed by atoms with Gasteiger partial charge in [0.05, 0.1) is 0 Å². The van der Waals surface area contributed by atoms with Crippen LogP contribution in [0.1, 0.15) is 5.56 Å². The van der Waals surface area contributed by atoms with Crippen molar-refractivity contribution in [3.05, 3.63) is 36.8 Å². The lowest BCUT2D eigenvalue weighted by Gasteiger charge is -2.03. The van der Waals surface area contributed by atoms with E-state index in [1.54, 1.807) is 31.3 Å². The quantitative estimate of drug-likeness (QED) is 0.645. The van der Waals surface area contributed by atoms with Crippen molar-refractivity contribution in [1.82, 2.24) is 5.32 Å². The van der Waals surface area contributed by atoms with E-state index in [-0.39, 0.29) is 6.03 Å². The molecule has 0 heterocycles. The second kappa shape index (κ2) is 3.76. The molecule has 0 aliphatic heterocycles. The summed E-state index contributed by atoms with van der Waals surface area (Å²) < 4.78 is 0. The number of amides is 2. The van der Waals surface area contributed by atoms with Gasteiger partial charge in [-0.05, 0) is 24.6 Å². The standard InChI is InChI=1S/C9H10N2O/c1-7-4-3-5-8(6-7)11-9(12)10-2/h1,3-6H,2H3,(H2,10,11,12). The maximum absolute atomic E-state index is 10.8. The maximum atomic E-state index is 10.8. The molecule has 0 saturated heterocycles. The number of rotatable bonds is 1. The minimum absolute atomic E-state index is 0.249. The fraction of sp³-hybridized carbons (Fsp3) is 0.111. The van der Waals surface area contributed by atoms with E-state index in [2.05, 4.69) is 10.6 Å². The van der Waals surface area contributed by atoms with Gasteiger partial charge in [-0.2, -0.15) is 0 Å². The lowest BCUT2D eigenvalue weighted by molar-refractivity contribution is 0.254. The lowest BCUT2D eigenvalue weighted by Crippen LogP contribution is -2.24. The third-order valence-electron chi connectivity index (χ3n) is 1.37. The molecule has 2 radical (unpaired) electrons. The first-order chi connectivity index (χ1) is 5.72. The topological polar surface area (TPSA) is 41.1 Å². The Labute approximate surface area is 71.8 Å². The van der Waals surface area contributed by atoms with E-state index < -0.39 is 0 Å². The third-order valence-corrected chi connectivity index (χ3v) is 1.37. The SMILES string of the molecule is [CH]c1cccc(NC(=O)NC)c1. The summed E-state index contributed by atoms with van der Waals surface area (Å²) in [6.45, 7) is 5.50. The van der Waals surface area contributed by atoms with Crippen LogP contribution in [0.4, 0.5) is 10.5 Å². The first-order valence-electron chi connectivity index (χ1n) is 3.56. The molecular formula is C9H10N2O. The first kappa shape index (κ1) is 8.59. The van der Waals surface area contributed by atoms with Gasteiger partial charge in [0.2, 0.25) is 0 Å². The molecule has 1 aromatic rings. The summed E-state index contributed by atoms with van der Waals surface area (Å²) >= 11 is 0. The molecule has 0 bridgehead atoms. The number of hydrogen-bond donors (Lipinski definition) is 2. The highest BCUT2D eigenvalue weighted by atomic mass is 16.2. The normalized spacial score (nSPS) is 9.17. The molecular weight excluding hydrogens is 152 g/mol. The number of benzene rings is 1. The van der Waals surface area contributed by atoms with Crippen LogP contribution < -0.4 is 10.6 Å². The van der Waals surface area contributed by atoms with Crippen LogP contribution in [0.2, 0.25) is 0 Å². The van der Waals surface area contributed by atoms with E-state index in [9.17, 15) is 4.79 Å². The van der Waals surface area contributed by atoms with Crippen molar-refractivity contribution < 1.29 is 4.79 Å². The molecule has 0 unspecified atom stereocenters. The second-order valence-electron chi connectivity index (χ2n) is 2.33. The van der Waals surface area contributed by atoms with Crippen molar-refractivity contribution in [3.63, 3.8) is 0 Å². The number of carbonyl (C=O) groups excluding carboxylic acids is 1. The van der Waals surface area contributed by atoms with E-state index in [0.29, 0.717) is 11.3 Å². The Kier molecular flexibility index (Phi) is 2.69. The Bertz CT molecular complexity index is 284. The van der Waals surface area contributed by atoms with Gasteiger partial charge in [-0.3, -0.25) is 0 Å². The van der Waals surface area contributed by atoms with Gasteiger partial charge in [-0.1, -0.05) is 12.1 Å². The van der Waals surface area contributed by atoms with Crippen molar-refractivity contribution in [1.29, 1.82) is 0 Å². The lowest BCUT2D eigenvalue weighted by atomic mass is 10.2. The van der Waals surface area contributed by atoms with Gasteiger partial charge in [0.15, 0.2) is 0 Å². The highest BCUT2D eigenvalue weighted by molar-refractivity contribution is 5.89. The maximum Gasteiger partial charge on any atom is 0.318 e. The Balaban J connectivity index is 2.69. The van der Waals surface area contributed by atoms with E-state index in [1.165, 1.54) is 0 Å². The zero-order chi connectivity index (χ0) is 8.97. The van der Waals surface area contributed by atoms with E-state index in [1.807, 2.05) is 0 Å². The summed E-state index contributed by atoms with van der Waals surface area (Å²) in [6, 6.07) is 6.75. The van der Waals surface area contributed by atoms with Gasteiger partial charge >= 0.3 is 6.03 Å². The second-order valence-corrected chi connectivity index (χ2v) is 2.33. The van der Waals surface area contributed by atoms with Crippen molar-refractivity contribution in [2.75, 3.05) is 12.4 Å². The summed E-state index contributed by atoms with van der Waals surface area (Å²) in [5.41, 5.74) is 1.32. The number of hydrogen-bond acceptors (Lipinski definition) is 1. The van der Waals surface area contributed by atoms with Crippen LogP contribution in [0.5, 0.6) is 0 Å².